The molecule has 0 saturated heterocycles. The van der Waals surface area contributed by atoms with Crippen LogP contribution < -0.4 is 0 Å². The number of rotatable bonds is 4. The highest BCUT2D eigenvalue weighted by molar-refractivity contribution is 6.23. The first-order valence-electron chi connectivity index (χ1n) is 24.2. The number of fused-ring (bicyclic) bond motifs is 17. The average molecular weight is 881 g/mol. The minimum Gasteiger partial charge on any atom is -0.355 e. The lowest BCUT2D eigenvalue weighted by Gasteiger charge is -2.22. The lowest BCUT2D eigenvalue weighted by molar-refractivity contribution is 0.857. The molecule has 5 heterocycles. The van der Waals surface area contributed by atoms with Gasteiger partial charge in [0, 0.05) is 68.0 Å². The van der Waals surface area contributed by atoms with Crippen molar-refractivity contribution in [2.75, 3.05) is 0 Å². The van der Waals surface area contributed by atoms with Gasteiger partial charge in [0.25, 0.3) is 0 Å². The van der Waals surface area contributed by atoms with Crippen LogP contribution in [-0.2, 0) is 0 Å². The van der Waals surface area contributed by atoms with Crippen LogP contribution in [0, 0.1) is 0 Å². The third-order valence-electron chi connectivity index (χ3n) is 14.1. The van der Waals surface area contributed by atoms with Gasteiger partial charge in [-0.25, -0.2) is 9.98 Å². The molecule has 6 aromatic carbocycles. The summed E-state index contributed by atoms with van der Waals surface area (Å²) in [7, 11) is 0. The lowest BCUT2D eigenvalue weighted by atomic mass is 9.82. The number of H-pyrrole nitrogens is 2. The van der Waals surface area contributed by atoms with Gasteiger partial charge in [0.15, 0.2) is 0 Å². The first-order valence-corrected chi connectivity index (χ1v) is 24.2. The first kappa shape index (κ1) is 42.8. The number of nitrogens with one attached hydrogen (secondary N) is 2. The predicted octanol–water partition coefficient (Wildman–Crippen LogP) is 16.3. The molecule has 8 aromatic rings. The number of aromatic nitrogens is 2. The van der Waals surface area contributed by atoms with Crippen molar-refractivity contribution in [3.63, 3.8) is 0 Å². The maximum absolute atomic E-state index is 5.57. The number of allylic oxidation sites excluding steroid dienone is 2. The fourth-order valence-corrected chi connectivity index (χ4v) is 10.2. The van der Waals surface area contributed by atoms with Crippen LogP contribution >= 0.6 is 0 Å². The minimum atomic E-state index is -0.00500. The Kier molecular flexibility index (Phi) is 11.2. The molecule has 2 aromatic heterocycles. The van der Waals surface area contributed by atoms with Gasteiger partial charge in [0.05, 0.1) is 22.8 Å². The minimum absolute atomic E-state index is 0.00500. The largest absolute Gasteiger partial charge is 0.355 e. The van der Waals surface area contributed by atoms with Crippen LogP contribution in [-0.4, -0.2) is 21.4 Å². The van der Waals surface area contributed by atoms with Crippen molar-refractivity contribution in [2.24, 2.45) is 9.98 Å². The molecule has 11 rings (SSSR count). The topological polar surface area (TPSA) is 56.3 Å². The molecule has 4 heteroatoms. The predicted molar refractivity (Wildman–Crippen MR) is 288 cm³/mol. The normalized spacial score (nSPS) is 17.6. The molecule has 0 radical (unpaired) electrons. The third-order valence-corrected chi connectivity index (χ3v) is 14.1. The number of nitrogens with zero attached hydrogens (tertiary/aromatic N) is 2. The van der Waals surface area contributed by atoms with E-state index in [-0.39, 0.29) is 11.8 Å². The Hall–Kier alpha value is -7.82. The van der Waals surface area contributed by atoms with Crippen LogP contribution in [0.1, 0.15) is 155 Å². The second-order valence-electron chi connectivity index (χ2n) is 19.2. The maximum Gasteiger partial charge on any atom is 0.0791 e. The van der Waals surface area contributed by atoms with Crippen molar-refractivity contribution >= 4 is 58.3 Å². The van der Waals surface area contributed by atoms with E-state index >= 15 is 0 Å². The van der Waals surface area contributed by atoms with Gasteiger partial charge in [-0.3, -0.25) is 0 Å². The summed E-state index contributed by atoms with van der Waals surface area (Å²) >= 11 is 0. The van der Waals surface area contributed by atoms with Crippen molar-refractivity contribution in [3.05, 3.63) is 259 Å². The Morgan fingerprint density at radius 3 is 1.50 bits per heavy atom. The SMILES string of the molecule is CC(C)c1cc2cc(c1)C(C)/C(=C\c1ccccc1)c1ccc([nH]1)C=C1N=C(c3ccccc31)c1ccc(C(C)C)cc1C(C)/C(=C\c1ccccc1)c1ccc([nH]1)C=C1N=C2c2ccccc21. The molecule has 4 nitrogen and oxygen atoms in total. The van der Waals surface area contributed by atoms with Crippen molar-refractivity contribution in [3.8, 4) is 0 Å². The second-order valence-corrected chi connectivity index (χ2v) is 19.2. The standard InChI is InChI=1S/C64H56N4/c1-39(2)45-25-28-55-56(36-45)42(6)58(32-44-19-11-8-12-20-44)60-30-27-49(66-60)37-61-51-21-13-15-23-53(51)63(67-61)48-34-46(40(3)4)33-47(35-48)41(5)57(31-43-17-9-7-10-18-43)59-29-26-50(65-59)38-62-52-22-14-16-24-54(52)64(55)68-62/h7-42,65-66H,1-6H3/b57-31+,58-32+,61-37?,62-38?. The Morgan fingerprint density at radius 1 is 0.441 bits per heavy atom. The summed E-state index contributed by atoms with van der Waals surface area (Å²) in [4.78, 5) is 18.8. The zero-order valence-electron chi connectivity index (χ0n) is 39.7. The number of aromatic amines is 2. The van der Waals surface area contributed by atoms with Crippen LogP contribution in [0.25, 0.3) is 46.8 Å². The fourth-order valence-electron chi connectivity index (χ4n) is 10.2. The molecule has 2 N–H and O–H groups in total. The molecule has 0 fully saturated rings. The number of benzene rings is 6. The zero-order valence-corrected chi connectivity index (χ0v) is 39.7. The molecular formula is C64H56N4. The van der Waals surface area contributed by atoms with Gasteiger partial charge >= 0.3 is 0 Å². The summed E-state index contributed by atoms with van der Waals surface area (Å²) in [5.74, 6) is 0.715. The van der Waals surface area contributed by atoms with Crippen molar-refractivity contribution in [1.82, 2.24) is 9.97 Å². The summed E-state index contributed by atoms with van der Waals surface area (Å²) in [6.07, 6.45) is 9.13. The Labute approximate surface area is 401 Å². The summed E-state index contributed by atoms with van der Waals surface area (Å²) < 4.78 is 0. The Balaban J connectivity index is 1.17. The van der Waals surface area contributed by atoms with Gasteiger partial charge in [-0.2, -0.15) is 0 Å². The van der Waals surface area contributed by atoms with Crippen LogP contribution in [0.5, 0.6) is 0 Å². The van der Waals surface area contributed by atoms with E-state index in [0.29, 0.717) is 11.8 Å². The van der Waals surface area contributed by atoms with Gasteiger partial charge < -0.3 is 9.97 Å². The van der Waals surface area contributed by atoms with E-state index < -0.39 is 0 Å². The van der Waals surface area contributed by atoms with Crippen LogP contribution in [0.15, 0.2) is 180 Å². The molecule has 332 valence electrons. The molecule has 3 aliphatic heterocycles. The van der Waals surface area contributed by atoms with Gasteiger partial charge in [-0.15, -0.1) is 0 Å². The number of aliphatic imine (C=N–C) groups is 2. The number of hydrogen-bond acceptors (Lipinski definition) is 2. The molecule has 2 unspecified atom stereocenters. The van der Waals surface area contributed by atoms with E-state index in [0.717, 1.165) is 90.1 Å². The monoisotopic (exact) mass is 880 g/mol. The summed E-state index contributed by atoms with van der Waals surface area (Å²) in [6, 6.07) is 61.8. The maximum atomic E-state index is 5.57. The zero-order chi connectivity index (χ0) is 46.5. The van der Waals surface area contributed by atoms with E-state index in [4.69, 9.17) is 9.98 Å². The third kappa shape index (κ3) is 8.11. The molecule has 0 saturated carbocycles. The van der Waals surface area contributed by atoms with Crippen LogP contribution in [0.3, 0.4) is 0 Å². The quantitative estimate of drug-likeness (QED) is 0.177. The summed E-state index contributed by atoms with van der Waals surface area (Å²) in [5.41, 5.74) is 24.7. The highest BCUT2D eigenvalue weighted by atomic mass is 14.8. The second kappa shape index (κ2) is 17.8. The summed E-state index contributed by atoms with van der Waals surface area (Å²) in [5, 5.41) is 0. The van der Waals surface area contributed by atoms with E-state index in [1.165, 1.54) is 33.4 Å². The van der Waals surface area contributed by atoms with Crippen molar-refractivity contribution in [2.45, 2.75) is 65.2 Å². The Morgan fingerprint density at radius 2 is 0.941 bits per heavy atom. The Bertz CT molecular complexity index is 3410. The molecule has 0 amide bonds. The molecule has 2 atom stereocenters. The molecule has 3 aliphatic rings. The number of hydrogen-bond donors (Lipinski definition) is 2. The van der Waals surface area contributed by atoms with E-state index in [2.05, 4.69) is 246 Å². The fraction of sp³-hybridized carbons (Fsp3) is 0.156. The molecule has 68 heavy (non-hydrogen) atoms. The van der Waals surface area contributed by atoms with E-state index in [9.17, 15) is 0 Å². The highest BCUT2D eigenvalue weighted by Crippen LogP contribution is 2.43. The molecule has 0 aliphatic carbocycles. The highest BCUT2D eigenvalue weighted by Gasteiger charge is 2.29. The summed E-state index contributed by atoms with van der Waals surface area (Å²) in [6.45, 7) is 13.8. The lowest BCUT2D eigenvalue weighted by Crippen LogP contribution is -2.10. The van der Waals surface area contributed by atoms with Gasteiger partial charge in [0.2, 0.25) is 0 Å². The average Bonchev–Trinajstić information content (AvgIpc) is 4.19. The van der Waals surface area contributed by atoms with Gasteiger partial charge in [0.1, 0.15) is 0 Å². The van der Waals surface area contributed by atoms with Crippen LogP contribution in [0.4, 0.5) is 0 Å². The van der Waals surface area contributed by atoms with Crippen LogP contribution in [0.2, 0.25) is 0 Å². The first-order chi connectivity index (χ1) is 33.1. The molecular weight excluding hydrogens is 825 g/mol. The smallest absolute Gasteiger partial charge is 0.0791 e. The van der Waals surface area contributed by atoms with Gasteiger partial charge in [-0.1, -0.05) is 175 Å². The van der Waals surface area contributed by atoms with E-state index in [1.54, 1.807) is 0 Å². The van der Waals surface area contributed by atoms with Gasteiger partial charge in [-0.05, 0) is 117 Å². The van der Waals surface area contributed by atoms with Crippen molar-refractivity contribution < 1.29 is 0 Å². The van der Waals surface area contributed by atoms with Crippen molar-refractivity contribution in [1.29, 1.82) is 0 Å². The molecule has 0 spiro atoms. The van der Waals surface area contributed by atoms with E-state index in [1.807, 2.05) is 0 Å². The molecule has 10 bridgehead atoms.